The van der Waals surface area contributed by atoms with Crippen molar-refractivity contribution < 1.29 is 22.3 Å². The van der Waals surface area contributed by atoms with Gasteiger partial charge in [-0.05, 0) is 12.8 Å². The molecular formula is C13H20ClFN2O4S. The highest BCUT2D eigenvalue weighted by atomic mass is 35.5. The molecule has 1 aromatic carbocycles. The Morgan fingerprint density at radius 1 is 1.32 bits per heavy atom. The average Bonchev–Trinajstić information content (AvgIpc) is 2.95. The summed E-state index contributed by atoms with van der Waals surface area (Å²) in [5.74, 6) is -0.554. The van der Waals surface area contributed by atoms with Crippen LogP contribution in [0.15, 0.2) is 17.0 Å². The van der Waals surface area contributed by atoms with Crippen molar-refractivity contribution in [2.45, 2.75) is 23.8 Å². The molecule has 1 atom stereocenters. The summed E-state index contributed by atoms with van der Waals surface area (Å²) in [6.07, 6.45) is 1.40. The summed E-state index contributed by atoms with van der Waals surface area (Å²) in [7, 11) is -1.22. The predicted octanol–water partition coefficient (Wildman–Crippen LogP) is 1.38. The molecule has 9 heteroatoms. The van der Waals surface area contributed by atoms with Gasteiger partial charge < -0.3 is 15.2 Å². The second-order valence-corrected chi connectivity index (χ2v) is 6.64. The first-order valence-corrected chi connectivity index (χ1v) is 8.03. The van der Waals surface area contributed by atoms with Gasteiger partial charge in [-0.3, -0.25) is 0 Å². The fourth-order valence-corrected chi connectivity index (χ4v) is 4.29. The highest BCUT2D eigenvalue weighted by Gasteiger charge is 2.36. The van der Waals surface area contributed by atoms with Crippen LogP contribution < -0.4 is 15.2 Å². The lowest BCUT2D eigenvalue weighted by atomic mass is 10.2. The number of nitrogens with zero attached hydrogens (tertiary/aromatic N) is 1. The van der Waals surface area contributed by atoms with E-state index in [9.17, 15) is 12.8 Å². The van der Waals surface area contributed by atoms with Crippen molar-refractivity contribution in [3.63, 3.8) is 0 Å². The molecular weight excluding hydrogens is 335 g/mol. The van der Waals surface area contributed by atoms with E-state index >= 15 is 0 Å². The highest BCUT2D eigenvalue weighted by molar-refractivity contribution is 7.89. The average molecular weight is 355 g/mol. The van der Waals surface area contributed by atoms with E-state index in [4.69, 9.17) is 15.2 Å². The fourth-order valence-electron chi connectivity index (χ4n) is 2.52. The largest absolute Gasteiger partial charge is 0.493 e. The summed E-state index contributed by atoms with van der Waals surface area (Å²) < 4.78 is 50.7. The maximum atomic E-state index is 14.2. The van der Waals surface area contributed by atoms with Gasteiger partial charge in [-0.25, -0.2) is 12.8 Å². The molecule has 1 fully saturated rings. The lowest BCUT2D eigenvalue weighted by molar-refractivity contribution is 0.348. The van der Waals surface area contributed by atoms with E-state index in [1.54, 1.807) is 0 Å². The Kier molecular flexibility index (Phi) is 6.42. The molecule has 22 heavy (non-hydrogen) atoms. The molecule has 6 nitrogen and oxygen atoms in total. The molecule has 2 rings (SSSR count). The summed E-state index contributed by atoms with van der Waals surface area (Å²) in [5.41, 5.74) is 5.59. The standard InChI is InChI=1S/C13H19FN2O4S.ClH/c1-19-11-6-10(14)13(7-12(11)20-2)21(17,18)16-5-3-4-9(16)8-15;/h6-7,9H,3-5,8,15H2,1-2H3;1H. The molecule has 0 aliphatic carbocycles. The predicted molar refractivity (Wildman–Crippen MR) is 82.7 cm³/mol. The minimum Gasteiger partial charge on any atom is -0.493 e. The Balaban J connectivity index is 0.00000242. The highest BCUT2D eigenvalue weighted by Crippen LogP contribution is 2.34. The molecule has 1 aromatic rings. The van der Waals surface area contributed by atoms with Crippen molar-refractivity contribution in [3.05, 3.63) is 17.9 Å². The fraction of sp³-hybridized carbons (Fsp3) is 0.538. The number of methoxy groups -OCH3 is 2. The third-order valence-corrected chi connectivity index (χ3v) is 5.59. The van der Waals surface area contributed by atoms with E-state index in [1.807, 2.05) is 0 Å². The Hall–Kier alpha value is -1.09. The molecule has 1 aliphatic heterocycles. The lowest BCUT2D eigenvalue weighted by Crippen LogP contribution is -2.40. The van der Waals surface area contributed by atoms with Crippen LogP contribution in [0.5, 0.6) is 11.5 Å². The van der Waals surface area contributed by atoms with Crippen LogP contribution in [0.3, 0.4) is 0 Å². The van der Waals surface area contributed by atoms with Crippen molar-refractivity contribution >= 4 is 22.4 Å². The van der Waals surface area contributed by atoms with Crippen LogP contribution in [0, 0.1) is 5.82 Å². The van der Waals surface area contributed by atoms with Crippen molar-refractivity contribution in [2.24, 2.45) is 5.73 Å². The summed E-state index contributed by atoms with van der Waals surface area (Å²) >= 11 is 0. The van der Waals surface area contributed by atoms with E-state index in [0.717, 1.165) is 18.6 Å². The number of nitrogens with two attached hydrogens (primary N) is 1. The van der Waals surface area contributed by atoms with Gasteiger partial charge in [-0.2, -0.15) is 4.31 Å². The van der Waals surface area contributed by atoms with Crippen LogP contribution in [-0.4, -0.2) is 46.1 Å². The zero-order valence-electron chi connectivity index (χ0n) is 12.4. The van der Waals surface area contributed by atoms with Gasteiger partial charge in [-0.15, -0.1) is 12.4 Å². The molecule has 126 valence electrons. The van der Waals surface area contributed by atoms with E-state index < -0.39 is 20.7 Å². The Morgan fingerprint density at radius 2 is 1.91 bits per heavy atom. The summed E-state index contributed by atoms with van der Waals surface area (Å²) in [6.45, 7) is 0.562. The first-order valence-electron chi connectivity index (χ1n) is 6.59. The zero-order valence-corrected chi connectivity index (χ0v) is 14.0. The SMILES string of the molecule is COc1cc(F)c(S(=O)(=O)N2CCCC2CN)cc1OC.Cl. The Bertz CT molecular complexity index is 627. The van der Waals surface area contributed by atoms with Gasteiger partial charge in [0, 0.05) is 31.3 Å². The van der Waals surface area contributed by atoms with E-state index in [2.05, 4.69) is 0 Å². The van der Waals surface area contributed by atoms with Crippen LogP contribution in [-0.2, 0) is 10.0 Å². The van der Waals surface area contributed by atoms with E-state index in [0.29, 0.717) is 13.0 Å². The Labute approximate surface area is 135 Å². The van der Waals surface area contributed by atoms with Gasteiger partial charge in [0.25, 0.3) is 0 Å². The minimum atomic E-state index is -3.95. The second-order valence-electron chi connectivity index (χ2n) is 4.79. The molecule has 0 bridgehead atoms. The quantitative estimate of drug-likeness (QED) is 0.863. The smallest absolute Gasteiger partial charge is 0.246 e. The van der Waals surface area contributed by atoms with Gasteiger partial charge in [0.15, 0.2) is 11.5 Å². The summed E-state index contributed by atoms with van der Waals surface area (Å²) in [5, 5.41) is 0. The van der Waals surface area contributed by atoms with Gasteiger partial charge in [0.1, 0.15) is 10.7 Å². The number of hydrogen-bond acceptors (Lipinski definition) is 5. The maximum absolute atomic E-state index is 14.2. The first kappa shape index (κ1) is 19.0. The number of ether oxygens (including phenoxy) is 2. The molecule has 0 saturated carbocycles. The minimum absolute atomic E-state index is 0. The van der Waals surface area contributed by atoms with E-state index in [-0.39, 0.29) is 36.5 Å². The molecule has 1 aliphatic rings. The zero-order chi connectivity index (χ0) is 15.6. The normalized spacial score (nSPS) is 18.8. The van der Waals surface area contributed by atoms with Gasteiger partial charge in [0.05, 0.1) is 14.2 Å². The lowest BCUT2D eigenvalue weighted by Gasteiger charge is -2.23. The van der Waals surface area contributed by atoms with Crippen molar-refractivity contribution in [1.82, 2.24) is 4.31 Å². The number of benzene rings is 1. The number of hydrogen-bond donors (Lipinski definition) is 1. The van der Waals surface area contributed by atoms with Gasteiger partial charge in [0.2, 0.25) is 10.0 Å². The molecule has 0 spiro atoms. The van der Waals surface area contributed by atoms with Crippen LogP contribution in [0.4, 0.5) is 4.39 Å². The van der Waals surface area contributed by atoms with Crippen molar-refractivity contribution in [3.8, 4) is 11.5 Å². The third-order valence-electron chi connectivity index (χ3n) is 3.62. The summed E-state index contributed by atoms with van der Waals surface area (Å²) in [4.78, 5) is -0.416. The number of rotatable bonds is 5. The van der Waals surface area contributed by atoms with Crippen molar-refractivity contribution in [2.75, 3.05) is 27.3 Å². The first-order chi connectivity index (χ1) is 9.95. The molecule has 1 saturated heterocycles. The van der Waals surface area contributed by atoms with Crippen LogP contribution in [0.25, 0.3) is 0 Å². The topological polar surface area (TPSA) is 81.9 Å². The molecule has 1 unspecified atom stereocenters. The molecule has 0 radical (unpaired) electrons. The monoisotopic (exact) mass is 354 g/mol. The molecule has 1 heterocycles. The van der Waals surface area contributed by atoms with Gasteiger partial charge >= 0.3 is 0 Å². The van der Waals surface area contributed by atoms with Crippen molar-refractivity contribution in [1.29, 1.82) is 0 Å². The maximum Gasteiger partial charge on any atom is 0.246 e. The summed E-state index contributed by atoms with van der Waals surface area (Å²) in [6, 6.07) is 1.87. The van der Waals surface area contributed by atoms with Crippen LogP contribution in [0.1, 0.15) is 12.8 Å². The van der Waals surface area contributed by atoms with Crippen LogP contribution >= 0.6 is 12.4 Å². The Morgan fingerprint density at radius 3 is 2.45 bits per heavy atom. The van der Waals surface area contributed by atoms with Crippen LogP contribution in [0.2, 0.25) is 0 Å². The number of halogens is 2. The number of sulfonamides is 1. The molecule has 2 N–H and O–H groups in total. The molecule has 0 amide bonds. The molecule has 0 aromatic heterocycles. The van der Waals surface area contributed by atoms with Gasteiger partial charge in [-0.1, -0.05) is 0 Å². The van der Waals surface area contributed by atoms with E-state index in [1.165, 1.54) is 18.5 Å². The third kappa shape index (κ3) is 3.29. The second kappa shape index (κ2) is 7.45.